The highest BCUT2D eigenvalue weighted by atomic mass is 79.9. The van der Waals surface area contributed by atoms with E-state index >= 15 is 0 Å². The van der Waals surface area contributed by atoms with E-state index in [1.165, 1.54) is 16.8 Å². The molecule has 0 N–H and O–H groups in total. The Balaban J connectivity index is 2.05. The van der Waals surface area contributed by atoms with Crippen molar-refractivity contribution in [1.29, 1.82) is 0 Å². The molecule has 94 valence electrons. The summed E-state index contributed by atoms with van der Waals surface area (Å²) in [5.74, 6) is -0.370. The van der Waals surface area contributed by atoms with Crippen molar-refractivity contribution in [3.63, 3.8) is 0 Å². The van der Waals surface area contributed by atoms with Gasteiger partial charge >= 0.3 is 0 Å². The molecule has 0 saturated carbocycles. The standard InChI is InChI=1S/C14H14BrFN2/c1-14(2)7-11-12(15)13(17-18(11)8-14)9-3-5-10(16)6-4-9/h3-6H,7-8H2,1-2H3/i1D3,2D3. The molecule has 0 spiro atoms. The van der Waals surface area contributed by atoms with Gasteiger partial charge in [-0.2, -0.15) is 5.10 Å². The quantitative estimate of drug-likeness (QED) is 0.777. The maximum Gasteiger partial charge on any atom is 0.123 e. The third-order valence-corrected chi connectivity index (χ3v) is 3.83. The van der Waals surface area contributed by atoms with Gasteiger partial charge in [0.15, 0.2) is 0 Å². The molecule has 0 unspecified atom stereocenters. The number of nitrogens with zero attached hydrogens (tertiary/aromatic N) is 2. The van der Waals surface area contributed by atoms with Crippen molar-refractivity contribution in [1.82, 2.24) is 9.78 Å². The Morgan fingerprint density at radius 1 is 1.39 bits per heavy atom. The fourth-order valence-electron chi connectivity index (χ4n) is 2.16. The lowest BCUT2D eigenvalue weighted by Gasteiger charge is -2.14. The Hall–Kier alpha value is -1.16. The van der Waals surface area contributed by atoms with Gasteiger partial charge in [-0.15, -0.1) is 0 Å². The monoisotopic (exact) mass is 314 g/mol. The van der Waals surface area contributed by atoms with Gasteiger partial charge in [0.05, 0.1) is 10.2 Å². The molecule has 0 fully saturated rings. The Labute approximate surface area is 122 Å². The van der Waals surface area contributed by atoms with Crippen LogP contribution < -0.4 is 0 Å². The van der Waals surface area contributed by atoms with Crippen molar-refractivity contribution in [3.8, 4) is 11.3 Å². The molecule has 0 bridgehead atoms. The first kappa shape index (κ1) is 6.85. The van der Waals surface area contributed by atoms with Crippen LogP contribution >= 0.6 is 15.9 Å². The van der Waals surface area contributed by atoms with Gasteiger partial charge in [-0.25, -0.2) is 4.39 Å². The fraction of sp³-hybridized carbons (Fsp3) is 0.357. The molecule has 1 aromatic carbocycles. The summed E-state index contributed by atoms with van der Waals surface area (Å²) in [6.45, 7) is -5.50. The van der Waals surface area contributed by atoms with E-state index in [4.69, 9.17) is 8.22 Å². The Morgan fingerprint density at radius 3 is 2.72 bits per heavy atom. The minimum absolute atomic E-state index is 0.130. The van der Waals surface area contributed by atoms with Gasteiger partial charge in [-0.1, -0.05) is 13.7 Å². The molecule has 0 radical (unpaired) electrons. The molecule has 0 aliphatic carbocycles. The van der Waals surface area contributed by atoms with Gasteiger partial charge in [0.25, 0.3) is 0 Å². The SMILES string of the molecule is [2H]C([2H])([2H])C1(C([2H])([2H])[2H])Cc2c(Br)c(-c3ccc(F)cc3)nn2C1. The van der Waals surface area contributed by atoms with Crippen LogP contribution in [-0.2, 0) is 13.0 Å². The molecule has 2 nitrogen and oxygen atoms in total. The van der Waals surface area contributed by atoms with Crippen molar-refractivity contribution in [2.45, 2.75) is 26.7 Å². The van der Waals surface area contributed by atoms with Crippen molar-refractivity contribution in [2.75, 3.05) is 0 Å². The number of hydrogen-bond donors (Lipinski definition) is 0. The average Bonchev–Trinajstić information content (AvgIpc) is 2.97. The lowest BCUT2D eigenvalue weighted by atomic mass is 9.91. The second kappa shape index (κ2) is 3.92. The third kappa shape index (κ3) is 1.88. The Bertz CT molecular complexity index is 764. The first-order chi connectivity index (χ1) is 11.0. The molecule has 1 aliphatic heterocycles. The van der Waals surface area contributed by atoms with E-state index in [-0.39, 0.29) is 18.8 Å². The summed E-state index contributed by atoms with van der Waals surface area (Å²) in [6, 6.07) is 5.75. The van der Waals surface area contributed by atoms with Crippen molar-refractivity contribution in [3.05, 3.63) is 40.2 Å². The van der Waals surface area contributed by atoms with Crippen molar-refractivity contribution < 1.29 is 12.6 Å². The highest BCUT2D eigenvalue weighted by Gasteiger charge is 2.32. The zero-order valence-electron chi connectivity index (χ0n) is 15.4. The number of fused-ring (bicyclic) bond motifs is 1. The number of aromatic nitrogens is 2. The summed E-state index contributed by atoms with van der Waals surface area (Å²) >= 11 is 3.40. The maximum atomic E-state index is 13.1. The molecule has 3 rings (SSSR count). The van der Waals surface area contributed by atoms with Crippen LogP contribution in [0, 0.1) is 11.2 Å². The third-order valence-electron chi connectivity index (χ3n) is 3.00. The molecule has 4 heteroatoms. The summed E-state index contributed by atoms with van der Waals surface area (Å²) in [7, 11) is 0. The van der Waals surface area contributed by atoms with E-state index in [9.17, 15) is 4.39 Å². The maximum absolute atomic E-state index is 13.1. The minimum Gasteiger partial charge on any atom is -0.267 e. The van der Waals surface area contributed by atoms with E-state index in [1.807, 2.05) is 0 Å². The second-order valence-corrected chi connectivity index (χ2v) is 5.33. The van der Waals surface area contributed by atoms with Crippen molar-refractivity contribution in [2.24, 2.45) is 5.41 Å². The van der Waals surface area contributed by atoms with Crippen molar-refractivity contribution >= 4 is 15.9 Å². The molecular formula is C14H14BrFN2. The smallest absolute Gasteiger partial charge is 0.123 e. The van der Waals surface area contributed by atoms with Crippen LogP contribution in [0.5, 0.6) is 0 Å². The first-order valence-electron chi connectivity index (χ1n) is 8.47. The molecule has 0 amide bonds. The van der Waals surface area contributed by atoms with Gasteiger partial charge in [0, 0.05) is 20.3 Å². The summed E-state index contributed by atoms with van der Waals surface area (Å²) in [5, 5.41) is 4.36. The predicted octanol–water partition coefficient (Wildman–Crippen LogP) is 4.03. The minimum atomic E-state index is -2.64. The van der Waals surface area contributed by atoms with Crippen LogP contribution in [0.25, 0.3) is 11.3 Å². The topological polar surface area (TPSA) is 17.8 Å². The van der Waals surface area contributed by atoms with Crippen LogP contribution in [-0.4, -0.2) is 9.78 Å². The summed E-state index contributed by atoms with van der Waals surface area (Å²) in [4.78, 5) is 0. The molecule has 1 aliphatic rings. The van der Waals surface area contributed by atoms with E-state index < -0.39 is 19.1 Å². The van der Waals surface area contributed by atoms with E-state index in [2.05, 4.69) is 21.0 Å². The van der Waals surface area contributed by atoms with Crippen LogP contribution in [0.3, 0.4) is 0 Å². The van der Waals surface area contributed by atoms with Gasteiger partial charge in [0.1, 0.15) is 11.5 Å². The molecule has 18 heavy (non-hydrogen) atoms. The number of benzene rings is 1. The van der Waals surface area contributed by atoms with Crippen LogP contribution in [0.2, 0.25) is 0 Å². The lowest BCUT2D eigenvalue weighted by molar-refractivity contribution is 0.347. The van der Waals surface area contributed by atoms with E-state index in [0.717, 1.165) is 0 Å². The van der Waals surface area contributed by atoms with E-state index in [1.54, 1.807) is 12.1 Å². The zero-order valence-corrected chi connectivity index (χ0v) is 11.0. The van der Waals surface area contributed by atoms with Crippen LogP contribution in [0.15, 0.2) is 28.7 Å². The van der Waals surface area contributed by atoms with Gasteiger partial charge in [-0.05, 0) is 52.0 Å². The molecule has 1 aromatic heterocycles. The number of hydrogen-bond acceptors (Lipinski definition) is 1. The average molecular weight is 315 g/mol. The fourth-order valence-corrected chi connectivity index (χ4v) is 2.82. The summed E-state index contributed by atoms with van der Waals surface area (Å²) < 4.78 is 61.5. The number of rotatable bonds is 1. The second-order valence-electron chi connectivity index (χ2n) is 4.53. The highest BCUT2D eigenvalue weighted by molar-refractivity contribution is 9.10. The van der Waals surface area contributed by atoms with Gasteiger partial charge in [-0.3, -0.25) is 4.68 Å². The molecule has 0 saturated heterocycles. The summed E-state index contributed by atoms with van der Waals surface area (Å²) in [6.07, 6.45) is -0.130. The normalized spacial score (nSPS) is 23.2. The molecular weight excluding hydrogens is 295 g/mol. The Kier molecular flexibility index (Phi) is 1.49. The van der Waals surface area contributed by atoms with E-state index in [0.29, 0.717) is 21.4 Å². The Morgan fingerprint density at radius 2 is 2.11 bits per heavy atom. The predicted molar refractivity (Wildman–Crippen MR) is 72.8 cm³/mol. The lowest BCUT2D eigenvalue weighted by Crippen LogP contribution is -2.13. The molecule has 2 heterocycles. The highest BCUT2D eigenvalue weighted by Crippen LogP contribution is 2.39. The first-order valence-corrected chi connectivity index (χ1v) is 6.27. The van der Waals surface area contributed by atoms with Crippen LogP contribution in [0.4, 0.5) is 4.39 Å². The number of halogens is 2. The summed E-state index contributed by atoms with van der Waals surface area (Å²) in [5.41, 5.74) is -0.124. The van der Waals surface area contributed by atoms with Gasteiger partial charge < -0.3 is 0 Å². The zero-order chi connectivity index (χ0) is 17.9. The largest absolute Gasteiger partial charge is 0.267 e. The molecule has 2 aromatic rings. The van der Waals surface area contributed by atoms with Gasteiger partial charge in [0.2, 0.25) is 0 Å². The molecule has 0 atom stereocenters. The van der Waals surface area contributed by atoms with Crippen LogP contribution in [0.1, 0.15) is 27.6 Å².